The van der Waals surface area contributed by atoms with Gasteiger partial charge in [-0.1, -0.05) is 20.8 Å². The van der Waals surface area contributed by atoms with E-state index in [0.29, 0.717) is 23.3 Å². The predicted octanol–water partition coefficient (Wildman–Crippen LogP) is 1.26. The van der Waals surface area contributed by atoms with Crippen molar-refractivity contribution in [3.05, 3.63) is 23.5 Å². The summed E-state index contributed by atoms with van der Waals surface area (Å²) in [5, 5.41) is 4.33. The molecule has 0 amide bonds. The van der Waals surface area contributed by atoms with Gasteiger partial charge in [0, 0.05) is 11.5 Å². The summed E-state index contributed by atoms with van der Waals surface area (Å²) in [6.45, 7) is 9.87. The Hall–Kier alpha value is -2.02. The summed E-state index contributed by atoms with van der Waals surface area (Å²) < 4.78 is 1.69. The number of nitrogens with two attached hydrogens (primary N) is 1. The van der Waals surface area contributed by atoms with Crippen molar-refractivity contribution in [1.82, 2.24) is 24.7 Å². The highest BCUT2D eigenvalue weighted by Gasteiger charge is 2.20. The third kappa shape index (κ3) is 2.70. The normalized spacial score (nSPS) is 11.7. The van der Waals surface area contributed by atoms with Gasteiger partial charge in [-0.3, -0.25) is 0 Å². The molecule has 0 radical (unpaired) electrons. The Labute approximate surface area is 112 Å². The number of nitrogen functional groups attached to an aromatic ring is 1. The molecule has 0 aliphatic rings. The van der Waals surface area contributed by atoms with E-state index in [4.69, 9.17) is 5.84 Å². The molecule has 3 N–H and O–H groups in total. The van der Waals surface area contributed by atoms with E-state index in [1.54, 1.807) is 10.7 Å². The van der Waals surface area contributed by atoms with Gasteiger partial charge in [-0.25, -0.2) is 20.8 Å². The van der Waals surface area contributed by atoms with E-state index in [-0.39, 0.29) is 5.41 Å². The maximum atomic E-state index is 5.47. The fourth-order valence-electron chi connectivity index (χ4n) is 1.69. The van der Waals surface area contributed by atoms with Gasteiger partial charge in [0.15, 0.2) is 5.82 Å². The second-order valence-electron chi connectivity index (χ2n) is 5.45. The Bertz CT molecular complexity index is 595. The molecule has 0 saturated carbocycles. The molecule has 0 saturated heterocycles. The Balaban J connectivity index is 2.60. The first-order valence-electron chi connectivity index (χ1n) is 6.08. The number of hydrogen-bond donors (Lipinski definition) is 2. The summed E-state index contributed by atoms with van der Waals surface area (Å²) >= 11 is 0. The van der Waals surface area contributed by atoms with E-state index < -0.39 is 0 Å². The molecule has 2 heterocycles. The minimum Gasteiger partial charge on any atom is -0.308 e. The number of nitrogens with zero attached hydrogens (tertiary/aromatic N) is 5. The van der Waals surface area contributed by atoms with Gasteiger partial charge in [0.25, 0.3) is 0 Å². The number of hydrazine groups is 1. The first-order chi connectivity index (χ1) is 8.81. The van der Waals surface area contributed by atoms with E-state index in [9.17, 15) is 0 Å². The molecular formula is C12H19N7. The van der Waals surface area contributed by atoms with Crippen molar-refractivity contribution in [2.24, 2.45) is 5.84 Å². The van der Waals surface area contributed by atoms with Crippen LogP contribution in [0.25, 0.3) is 5.82 Å². The standard InChI is InChI=1S/C12H19N7/c1-7-14-8(2)19(18-7)10-6-9(17-13)15-11(16-10)12(3,4)5/h6H,13H2,1-5H3,(H,15,16,17). The lowest BCUT2D eigenvalue weighted by molar-refractivity contribution is 0.542. The van der Waals surface area contributed by atoms with E-state index in [0.717, 1.165) is 5.82 Å². The van der Waals surface area contributed by atoms with Gasteiger partial charge in [-0.05, 0) is 13.8 Å². The first-order valence-corrected chi connectivity index (χ1v) is 6.08. The molecule has 0 fully saturated rings. The van der Waals surface area contributed by atoms with Gasteiger partial charge >= 0.3 is 0 Å². The third-order valence-corrected chi connectivity index (χ3v) is 2.62. The van der Waals surface area contributed by atoms with Crippen LogP contribution in [0.1, 0.15) is 38.2 Å². The summed E-state index contributed by atoms with van der Waals surface area (Å²) in [5.74, 6) is 8.86. The highest BCUT2D eigenvalue weighted by atomic mass is 15.4. The van der Waals surface area contributed by atoms with Crippen LogP contribution in [0.3, 0.4) is 0 Å². The molecule has 0 atom stereocenters. The lowest BCUT2D eigenvalue weighted by atomic mass is 9.96. The van der Waals surface area contributed by atoms with Gasteiger partial charge in [0.05, 0.1) is 0 Å². The molecule has 0 unspecified atom stereocenters. The molecule has 7 nitrogen and oxygen atoms in total. The minimum atomic E-state index is -0.175. The summed E-state index contributed by atoms with van der Waals surface area (Å²) in [7, 11) is 0. The number of rotatable bonds is 2. The van der Waals surface area contributed by atoms with Gasteiger partial charge in [0.2, 0.25) is 0 Å². The quantitative estimate of drug-likeness (QED) is 0.624. The molecule has 2 aromatic rings. The fourth-order valence-corrected chi connectivity index (χ4v) is 1.69. The molecule has 7 heteroatoms. The molecule has 0 bridgehead atoms. The van der Waals surface area contributed by atoms with E-state index in [2.05, 4.69) is 25.5 Å². The predicted molar refractivity (Wildman–Crippen MR) is 72.9 cm³/mol. The van der Waals surface area contributed by atoms with E-state index >= 15 is 0 Å². The molecular weight excluding hydrogens is 242 g/mol. The number of aromatic nitrogens is 5. The van der Waals surface area contributed by atoms with Crippen LogP contribution in [-0.2, 0) is 5.41 Å². The number of aryl methyl sites for hydroxylation is 2. The van der Waals surface area contributed by atoms with Gasteiger partial charge < -0.3 is 5.43 Å². The van der Waals surface area contributed by atoms with Crippen LogP contribution >= 0.6 is 0 Å². The summed E-state index contributed by atoms with van der Waals surface area (Å²) in [6.07, 6.45) is 0. The Kier molecular flexibility index (Phi) is 3.23. The maximum Gasteiger partial charge on any atom is 0.161 e. The van der Waals surface area contributed by atoms with Crippen LogP contribution < -0.4 is 11.3 Å². The minimum absolute atomic E-state index is 0.175. The van der Waals surface area contributed by atoms with Crippen LogP contribution in [0.15, 0.2) is 6.07 Å². The largest absolute Gasteiger partial charge is 0.308 e. The lowest BCUT2D eigenvalue weighted by Crippen LogP contribution is -2.20. The fraction of sp³-hybridized carbons (Fsp3) is 0.500. The Morgan fingerprint density at radius 3 is 2.32 bits per heavy atom. The number of hydrogen-bond acceptors (Lipinski definition) is 6. The highest BCUT2D eigenvalue weighted by molar-refractivity contribution is 5.41. The van der Waals surface area contributed by atoms with Gasteiger partial charge in [-0.2, -0.15) is 4.68 Å². The van der Waals surface area contributed by atoms with Crippen molar-refractivity contribution in [1.29, 1.82) is 0 Å². The van der Waals surface area contributed by atoms with Crippen molar-refractivity contribution in [3.8, 4) is 5.82 Å². The summed E-state index contributed by atoms with van der Waals surface area (Å²) in [6, 6.07) is 1.75. The monoisotopic (exact) mass is 261 g/mol. The van der Waals surface area contributed by atoms with Crippen molar-refractivity contribution >= 4 is 5.82 Å². The maximum absolute atomic E-state index is 5.47. The van der Waals surface area contributed by atoms with Crippen LogP contribution in [0.5, 0.6) is 0 Å². The zero-order chi connectivity index (χ0) is 14.2. The van der Waals surface area contributed by atoms with Crippen LogP contribution in [0, 0.1) is 13.8 Å². The van der Waals surface area contributed by atoms with Crippen molar-refractivity contribution in [2.75, 3.05) is 5.43 Å². The summed E-state index contributed by atoms with van der Waals surface area (Å²) in [5.41, 5.74) is 2.39. The first kappa shape index (κ1) is 13.4. The lowest BCUT2D eigenvalue weighted by Gasteiger charge is -2.18. The van der Waals surface area contributed by atoms with Crippen molar-refractivity contribution in [2.45, 2.75) is 40.0 Å². The van der Waals surface area contributed by atoms with Gasteiger partial charge in [0.1, 0.15) is 23.3 Å². The molecule has 2 rings (SSSR count). The van der Waals surface area contributed by atoms with Crippen molar-refractivity contribution < 1.29 is 0 Å². The Morgan fingerprint density at radius 2 is 1.84 bits per heavy atom. The molecule has 19 heavy (non-hydrogen) atoms. The second kappa shape index (κ2) is 4.58. The van der Waals surface area contributed by atoms with Gasteiger partial charge in [-0.15, -0.1) is 5.10 Å². The molecule has 0 aromatic carbocycles. The summed E-state index contributed by atoms with van der Waals surface area (Å²) in [4.78, 5) is 13.2. The number of anilines is 1. The van der Waals surface area contributed by atoms with Crippen LogP contribution in [-0.4, -0.2) is 24.7 Å². The topological polar surface area (TPSA) is 94.5 Å². The molecule has 0 aliphatic carbocycles. The highest BCUT2D eigenvalue weighted by Crippen LogP contribution is 2.21. The molecule has 102 valence electrons. The zero-order valence-corrected chi connectivity index (χ0v) is 11.9. The molecule has 0 aliphatic heterocycles. The van der Waals surface area contributed by atoms with E-state index in [1.807, 2.05) is 34.6 Å². The smallest absolute Gasteiger partial charge is 0.161 e. The average molecular weight is 261 g/mol. The molecule has 2 aromatic heterocycles. The van der Waals surface area contributed by atoms with Crippen LogP contribution in [0.2, 0.25) is 0 Å². The zero-order valence-electron chi connectivity index (χ0n) is 11.9. The SMILES string of the molecule is Cc1nc(C)n(-c2cc(NN)nc(C(C)(C)C)n2)n1. The van der Waals surface area contributed by atoms with Crippen molar-refractivity contribution in [3.63, 3.8) is 0 Å². The average Bonchev–Trinajstić information content (AvgIpc) is 2.66. The number of nitrogens with one attached hydrogen (secondary N) is 1. The Morgan fingerprint density at radius 1 is 1.16 bits per heavy atom. The third-order valence-electron chi connectivity index (χ3n) is 2.62. The molecule has 0 spiro atoms. The van der Waals surface area contributed by atoms with E-state index in [1.165, 1.54) is 0 Å². The second-order valence-corrected chi connectivity index (χ2v) is 5.45. The van der Waals surface area contributed by atoms with Crippen LogP contribution in [0.4, 0.5) is 5.82 Å².